The van der Waals surface area contributed by atoms with Gasteiger partial charge in [-0.1, -0.05) is 13.8 Å². The fourth-order valence-corrected chi connectivity index (χ4v) is 1.96. The minimum atomic E-state index is -0.479. The zero-order chi connectivity index (χ0) is 17.4. The topological polar surface area (TPSA) is 98.7 Å². The molecule has 0 saturated heterocycles. The lowest BCUT2D eigenvalue weighted by molar-refractivity contribution is -0.130. The van der Waals surface area contributed by atoms with Gasteiger partial charge in [-0.25, -0.2) is 0 Å². The summed E-state index contributed by atoms with van der Waals surface area (Å²) in [6, 6.07) is 6.62. The third kappa shape index (κ3) is 7.66. The minimum Gasteiger partial charge on any atom is -0.493 e. The highest BCUT2D eigenvalue weighted by Gasteiger charge is 2.13. The molecule has 1 aromatic rings. The van der Waals surface area contributed by atoms with Crippen LogP contribution in [0.25, 0.3) is 0 Å². The Bertz CT molecular complexity index is 520. The van der Waals surface area contributed by atoms with E-state index in [1.807, 2.05) is 0 Å². The van der Waals surface area contributed by atoms with E-state index in [0.717, 1.165) is 6.42 Å². The number of primary amides is 1. The van der Waals surface area contributed by atoms with E-state index < -0.39 is 5.91 Å². The first-order chi connectivity index (χ1) is 10.8. The van der Waals surface area contributed by atoms with Crippen LogP contribution in [-0.2, 0) is 4.79 Å². The van der Waals surface area contributed by atoms with Gasteiger partial charge in [-0.05, 0) is 36.6 Å². The molecule has 0 bridgehead atoms. The van der Waals surface area contributed by atoms with Gasteiger partial charge < -0.3 is 21.1 Å². The smallest absolute Gasteiger partial charge is 0.248 e. The normalized spacial score (nSPS) is 11.5. The van der Waals surface area contributed by atoms with Crippen LogP contribution < -0.4 is 16.2 Å². The van der Waals surface area contributed by atoms with Crippen molar-refractivity contribution in [2.75, 3.05) is 20.2 Å². The van der Waals surface area contributed by atoms with Crippen molar-refractivity contribution in [2.24, 2.45) is 17.4 Å². The van der Waals surface area contributed by atoms with E-state index in [9.17, 15) is 9.59 Å². The van der Waals surface area contributed by atoms with Crippen molar-refractivity contribution >= 4 is 24.2 Å². The van der Waals surface area contributed by atoms with Crippen molar-refractivity contribution < 1.29 is 14.3 Å². The van der Waals surface area contributed by atoms with Gasteiger partial charge in [0.25, 0.3) is 0 Å². The van der Waals surface area contributed by atoms with Crippen LogP contribution in [0.1, 0.15) is 37.0 Å². The third-order valence-electron chi connectivity index (χ3n) is 3.80. The number of hydrogen-bond donors (Lipinski definition) is 2. The second-order valence-corrected chi connectivity index (χ2v) is 6.00. The molecule has 0 heterocycles. The fourth-order valence-electron chi connectivity index (χ4n) is 1.96. The number of ether oxygens (including phenoxy) is 1. The second kappa shape index (κ2) is 10.9. The van der Waals surface area contributed by atoms with E-state index in [1.54, 1.807) is 36.2 Å². The van der Waals surface area contributed by atoms with Gasteiger partial charge in [-0.2, -0.15) is 0 Å². The van der Waals surface area contributed by atoms with Crippen LogP contribution in [0.3, 0.4) is 0 Å². The molecular weight excluding hydrogens is 330 g/mol. The van der Waals surface area contributed by atoms with Crippen LogP contribution in [0.5, 0.6) is 5.75 Å². The number of nitrogens with two attached hydrogens (primary N) is 2. The predicted octanol–water partition coefficient (Wildman–Crippen LogP) is 1.81. The summed E-state index contributed by atoms with van der Waals surface area (Å²) in [5, 5.41) is 0. The van der Waals surface area contributed by atoms with Crippen molar-refractivity contribution in [2.45, 2.75) is 32.7 Å². The van der Waals surface area contributed by atoms with Gasteiger partial charge in [0.1, 0.15) is 5.75 Å². The van der Waals surface area contributed by atoms with E-state index in [4.69, 9.17) is 16.2 Å². The number of amides is 2. The molecule has 0 aliphatic heterocycles. The predicted molar refractivity (Wildman–Crippen MR) is 97.4 cm³/mol. The molecule has 7 heteroatoms. The Labute approximate surface area is 149 Å². The highest BCUT2D eigenvalue weighted by molar-refractivity contribution is 5.92. The first-order valence-electron chi connectivity index (χ1n) is 7.83. The van der Waals surface area contributed by atoms with Gasteiger partial charge in [0.15, 0.2) is 0 Å². The molecule has 0 spiro atoms. The van der Waals surface area contributed by atoms with Crippen molar-refractivity contribution in [1.29, 1.82) is 0 Å². The lowest BCUT2D eigenvalue weighted by Crippen LogP contribution is -2.35. The van der Waals surface area contributed by atoms with E-state index in [1.165, 1.54) is 0 Å². The Morgan fingerprint density at radius 3 is 2.29 bits per heavy atom. The molecule has 0 aliphatic rings. The van der Waals surface area contributed by atoms with Gasteiger partial charge >= 0.3 is 0 Å². The zero-order valence-corrected chi connectivity index (χ0v) is 15.3. The number of nitrogens with zero attached hydrogens (tertiary/aromatic N) is 1. The van der Waals surface area contributed by atoms with Crippen LogP contribution in [0.15, 0.2) is 24.3 Å². The lowest BCUT2D eigenvalue weighted by Gasteiger charge is -2.21. The average molecular weight is 358 g/mol. The summed E-state index contributed by atoms with van der Waals surface area (Å²) in [6.45, 7) is 5.08. The SMILES string of the molecule is CC(C)C(N)CCN(C)C(=O)CCOc1ccc(C(N)=O)cc1.Cl. The number of carbonyl (C=O) groups is 2. The van der Waals surface area contributed by atoms with Gasteiger partial charge in [0, 0.05) is 25.2 Å². The highest BCUT2D eigenvalue weighted by Crippen LogP contribution is 2.12. The molecule has 2 amide bonds. The van der Waals surface area contributed by atoms with Gasteiger partial charge in [-0.15, -0.1) is 12.4 Å². The quantitative estimate of drug-likeness (QED) is 0.704. The maximum atomic E-state index is 12.0. The molecule has 0 saturated carbocycles. The van der Waals surface area contributed by atoms with Crippen molar-refractivity contribution in [1.82, 2.24) is 4.90 Å². The molecule has 0 aliphatic carbocycles. The molecule has 1 unspecified atom stereocenters. The van der Waals surface area contributed by atoms with Crippen LogP contribution in [0, 0.1) is 5.92 Å². The standard InChI is InChI=1S/C17H27N3O3.ClH/c1-12(2)15(18)8-10-20(3)16(21)9-11-23-14-6-4-13(5-7-14)17(19)22;/h4-7,12,15H,8-11,18H2,1-3H3,(H2,19,22);1H. The molecule has 4 N–H and O–H groups in total. The molecule has 0 fully saturated rings. The minimum absolute atomic E-state index is 0. The Morgan fingerprint density at radius 1 is 1.21 bits per heavy atom. The number of hydrogen-bond acceptors (Lipinski definition) is 4. The summed E-state index contributed by atoms with van der Waals surface area (Å²) >= 11 is 0. The summed E-state index contributed by atoms with van der Waals surface area (Å²) in [6.07, 6.45) is 1.08. The molecule has 24 heavy (non-hydrogen) atoms. The van der Waals surface area contributed by atoms with Crippen LogP contribution in [0.4, 0.5) is 0 Å². The van der Waals surface area contributed by atoms with Crippen LogP contribution in [-0.4, -0.2) is 43.0 Å². The van der Waals surface area contributed by atoms with E-state index in [0.29, 0.717) is 30.2 Å². The van der Waals surface area contributed by atoms with Crippen molar-refractivity contribution in [3.05, 3.63) is 29.8 Å². The Hall–Kier alpha value is -1.79. The van der Waals surface area contributed by atoms with Crippen molar-refractivity contribution in [3.8, 4) is 5.75 Å². The molecule has 1 rings (SSSR count). The number of benzene rings is 1. The maximum absolute atomic E-state index is 12.0. The van der Waals surface area contributed by atoms with Gasteiger partial charge in [0.05, 0.1) is 13.0 Å². The largest absolute Gasteiger partial charge is 0.493 e. The molecule has 1 aromatic carbocycles. The summed E-state index contributed by atoms with van der Waals surface area (Å²) < 4.78 is 5.50. The summed E-state index contributed by atoms with van der Waals surface area (Å²) in [4.78, 5) is 24.6. The van der Waals surface area contributed by atoms with E-state index in [2.05, 4.69) is 13.8 Å². The average Bonchev–Trinajstić information content (AvgIpc) is 2.52. The highest BCUT2D eigenvalue weighted by atomic mass is 35.5. The first-order valence-corrected chi connectivity index (χ1v) is 7.83. The Balaban J connectivity index is 0.00000529. The molecule has 136 valence electrons. The third-order valence-corrected chi connectivity index (χ3v) is 3.80. The van der Waals surface area contributed by atoms with Crippen molar-refractivity contribution in [3.63, 3.8) is 0 Å². The molecule has 0 radical (unpaired) electrons. The number of halogens is 1. The summed E-state index contributed by atoms with van der Waals surface area (Å²) in [5.74, 6) is 0.556. The molecule has 1 atom stereocenters. The maximum Gasteiger partial charge on any atom is 0.248 e. The Morgan fingerprint density at radius 2 is 1.79 bits per heavy atom. The van der Waals surface area contributed by atoms with Gasteiger partial charge in [-0.3, -0.25) is 9.59 Å². The van der Waals surface area contributed by atoms with E-state index in [-0.39, 0.29) is 31.0 Å². The molecule has 0 aromatic heterocycles. The molecular formula is C17H28ClN3O3. The fraction of sp³-hybridized carbons (Fsp3) is 0.529. The first kappa shape index (κ1) is 22.2. The van der Waals surface area contributed by atoms with Crippen LogP contribution in [0.2, 0.25) is 0 Å². The Kier molecular flexibility index (Phi) is 10.1. The van der Waals surface area contributed by atoms with Gasteiger partial charge in [0.2, 0.25) is 11.8 Å². The summed E-state index contributed by atoms with van der Waals surface area (Å²) in [5.41, 5.74) is 11.6. The van der Waals surface area contributed by atoms with E-state index >= 15 is 0 Å². The number of rotatable bonds is 9. The lowest BCUT2D eigenvalue weighted by atomic mass is 10.0. The second-order valence-electron chi connectivity index (χ2n) is 6.00. The number of carbonyl (C=O) groups excluding carboxylic acids is 2. The monoisotopic (exact) mass is 357 g/mol. The van der Waals surface area contributed by atoms with Crippen LogP contribution >= 0.6 is 12.4 Å². The zero-order valence-electron chi connectivity index (χ0n) is 14.5. The molecule has 6 nitrogen and oxygen atoms in total. The summed E-state index contributed by atoms with van der Waals surface area (Å²) in [7, 11) is 1.77.